The summed E-state index contributed by atoms with van der Waals surface area (Å²) >= 11 is 1.57. The number of pyridine rings is 1. The first-order valence-electron chi connectivity index (χ1n) is 9.10. The maximum absolute atomic E-state index is 12.6. The number of hydrogen-bond acceptors (Lipinski definition) is 8. The fourth-order valence-electron chi connectivity index (χ4n) is 3.06. The van der Waals surface area contributed by atoms with Crippen molar-refractivity contribution in [2.24, 2.45) is 10.7 Å². The zero-order chi connectivity index (χ0) is 21.3. The molecule has 0 fully saturated rings. The van der Waals surface area contributed by atoms with E-state index in [1.54, 1.807) is 49.8 Å². The minimum atomic E-state index is -0.906. The molecule has 2 amide bonds. The van der Waals surface area contributed by atoms with E-state index < -0.39 is 11.4 Å². The molecule has 4 heterocycles. The van der Waals surface area contributed by atoms with Crippen molar-refractivity contribution in [3.8, 4) is 11.3 Å². The second-order valence-electron chi connectivity index (χ2n) is 7.06. The lowest BCUT2D eigenvalue weighted by Gasteiger charge is -2.32. The Bertz CT molecular complexity index is 1130. The quantitative estimate of drug-likeness (QED) is 0.665. The van der Waals surface area contributed by atoms with Crippen LogP contribution in [0.15, 0.2) is 52.5 Å². The molecule has 1 aliphatic heterocycles. The summed E-state index contributed by atoms with van der Waals surface area (Å²) in [4.78, 5) is 43.4. The zero-order valence-electron chi connectivity index (χ0n) is 16.4. The van der Waals surface area contributed by atoms with Gasteiger partial charge in [0.25, 0.3) is 5.91 Å². The van der Waals surface area contributed by atoms with Crippen molar-refractivity contribution in [2.45, 2.75) is 18.9 Å². The minimum Gasteiger partial charge on any atom is -0.369 e. The fourth-order valence-corrected chi connectivity index (χ4v) is 3.71. The third kappa shape index (κ3) is 3.77. The van der Waals surface area contributed by atoms with Crippen LogP contribution in [0.2, 0.25) is 0 Å². The number of carbonyl (C=O) groups excluding carboxylic acids is 2. The molecular formula is C20H19N7O2S. The Labute approximate surface area is 176 Å². The van der Waals surface area contributed by atoms with Crippen LogP contribution in [-0.4, -0.2) is 44.7 Å². The van der Waals surface area contributed by atoms with Crippen LogP contribution in [0.1, 0.15) is 29.5 Å². The van der Waals surface area contributed by atoms with E-state index in [9.17, 15) is 9.59 Å². The molecule has 9 nitrogen and oxygen atoms in total. The normalized spacial score (nSPS) is 18.8. The van der Waals surface area contributed by atoms with Crippen LogP contribution in [0.3, 0.4) is 0 Å². The van der Waals surface area contributed by atoms with Crippen molar-refractivity contribution >= 4 is 34.8 Å². The van der Waals surface area contributed by atoms with Crippen LogP contribution in [0.4, 0.5) is 5.69 Å². The van der Waals surface area contributed by atoms with Crippen LogP contribution in [0.5, 0.6) is 0 Å². The molecule has 1 atom stereocenters. The third-order valence-corrected chi connectivity index (χ3v) is 5.53. The number of amides is 2. The van der Waals surface area contributed by atoms with Crippen molar-refractivity contribution < 1.29 is 9.59 Å². The van der Waals surface area contributed by atoms with E-state index in [1.807, 2.05) is 16.8 Å². The van der Waals surface area contributed by atoms with E-state index in [4.69, 9.17) is 5.73 Å². The molecule has 3 aromatic rings. The van der Waals surface area contributed by atoms with Gasteiger partial charge in [0.05, 0.1) is 30.2 Å². The summed E-state index contributed by atoms with van der Waals surface area (Å²) in [7, 11) is 1.58. The Morgan fingerprint density at radius 2 is 2.10 bits per heavy atom. The first-order valence-corrected chi connectivity index (χ1v) is 10.0. The summed E-state index contributed by atoms with van der Waals surface area (Å²) in [6, 6.07) is 5.28. The number of nitrogens with zero attached hydrogens (tertiary/aromatic N) is 5. The summed E-state index contributed by atoms with van der Waals surface area (Å²) in [6.45, 7) is 1.79. The monoisotopic (exact) mass is 421 g/mol. The van der Waals surface area contributed by atoms with E-state index >= 15 is 0 Å². The summed E-state index contributed by atoms with van der Waals surface area (Å²) in [5, 5.41) is 6.70. The van der Waals surface area contributed by atoms with Gasteiger partial charge in [-0.1, -0.05) is 0 Å². The lowest BCUT2D eigenvalue weighted by molar-refractivity contribution is -0.128. The molecule has 0 bridgehead atoms. The summed E-state index contributed by atoms with van der Waals surface area (Å²) < 4.78 is 0. The number of hydrogen-bond donors (Lipinski definition) is 2. The highest BCUT2D eigenvalue weighted by molar-refractivity contribution is 7.08. The zero-order valence-corrected chi connectivity index (χ0v) is 17.2. The molecule has 1 unspecified atom stereocenters. The maximum Gasteiger partial charge on any atom is 0.275 e. The molecule has 10 heteroatoms. The van der Waals surface area contributed by atoms with Crippen molar-refractivity contribution in [1.82, 2.24) is 19.9 Å². The molecule has 0 saturated carbocycles. The van der Waals surface area contributed by atoms with Gasteiger partial charge in [0.2, 0.25) is 5.91 Å². The van der Waals surface area contributed by atoms with Crippen molar-refractivity contribution in [3.05, 3.63) is 58.9 Å². The van der Waals surface area contributed by atoms with Crippen LogP contribution in [0, 0.1) is 0 Å². The molecule has 0 spiro atoms. The lowest BCUT2D eigenvalue weighted by atomic mass is 9.91. The summed E-state index contributed by atoms with van der Waals surface area (Å²) in [5.41, 5.74) is 7.85. The molecule has 0 saturated heterocycles. The van der Waals surface area contributed by atoms with Gasteiger partial charge in [-0.3, -0.25) is 24.5 Å². The average Bonchev–Trinajstić information content (AvgIpc) is 3.27. The predicted octanol–water partition coefficient (Wildman–Crippen LogP) is 2.24. The van der Waals surface area contributed by atoms with Crippen molar-refractivity contribution in [1.29, 1.82) is 0 Å². The van der Waals surface area contributed by atoms with Gasteiger partial charge in [-0.2, -0.15) is 11.3 Å². The smallest absolute Gasteiger partial charge is 0.275 e. The predicted molar refractivity (Wildman–Crippen MR) is 114 cm³/mol. The standard InChI is InChI=1S/C20H19N7O2S/c1-20(8-17(28)27(2)19(21)26-20)16-7-13(3-5-22-16)25-18(29)15-10-23-14(9-24-15)12-4-6-30-11-12/h3-7,9-11H,8H2,1-2H3,(H2,21,26)(H,22,25,29). The number of rotatable bonds is 4. The van der Waals surface area contributed by atoms with Gasteiger partial charge in [-0.05, 0) is 30.5 Å². The fraction of sp³-hybridized carbons (Fsp3) is 0.200. The van der Waals surface area contributed by atoms with Crippen LogP contribution in [0.25, 0.3) is 11.3 Å². The molecule has 1 aliphatic rings. The molecule has 3 aromatic heterocycles. The van der Waals surface area contributed by atoms with Crippen molar-refractivity contribution in [2.75, 3.05) is 12.4 Å². The van der Waals surface area contributed by atoms with Gasteiger partial charge in [-0.25, -0.2) is 9.98 Å². The van der Waals surface area contributed by atoms with Gasteiger partial charge in [-0.15, -0.1) is 0 Å². The van der Waals surface area contributed by atoms with Gasteiger partial charge in [0, 0.05) is 29.9 Å². The Morgan fingerprint density at radius 3 is 2.77 bits per heavy atom. The molecule has 0 radical (unpaired) electrons. The number of anilines is 1. The Morgan fingerprint density at radius 1 is 1.27 bits per heavy atom. The van der Waals surface area contributed by atoms with E-state index in [1.165, 1.54) is 11.1 Å². The summed E-state index contributed by atoms with van der Waals surface area (Å²) in [6.07, 6.45) is 4.68. The number of aromatic nitrogens is 3. The molecule has 4 rings (SSSR count). The van der Waals surface area contributed by atoms with E-state index in [-0.39, 0.29) is 24.0 Å². The second kappa shape index (κ2) is 7.64. The molecule has 152 valence electrons. The summed E-state index contributed by atoms with van der Waals surface area (Å²) in [5.74, 6) is -0.419. The van der Waals surface area contributed by atoms with E-state index in [2.05, 4.69) is 25.3 Å². The van der Waals surface area contributed by atoms with Crippen molar-refractivity contribution in [3.63, 3.8) is 0 Å². The Balaban J connectivity index is 1.53. The molecule has 3 N–H and O–H groups in total. The van der Waals surface area contributed by atoms with Gasteiger partial charge in [0.1, 0.15) is 11.2 Å². The second-order valence-corrected chi connectivity index (χ2v) is 7.84. The van der Waals surface area contributed by atoms with Gasteiger partial charge >= 0.3 is 0 Å². The maximum atomic E-state index is 12.6. The van der Waals surface area contributed by atoms with Gasteiger partial charge in [0.15, 0.2) is 5.96 Å². The number of carbonyl (C=O) groups is 2. The van der Waals surface area contributed by atoms with E-state index in [0.717, 1.165) is 5.56 Å². The highest BCUT2D eigenvalue weighted by atomic mass is 32.1. The molecule has 0 aliphatic carbocycles. The highest BCUT2D eigenvalue weighted by Gasteiger charge is 2.37. The number of nitrogens with one attached hydrogen (secondary N) is 1. The molecule has 0 aromatic carbocycles. The SMILES string of the molecule is CN1C(=O)CC(C)(c2cc(NC(=O)c3cnc(-c4ccsc4)cn3)ccn2)N=C1N. The van der Waals surface area contributed by atoms with Crippen LogP contribution >= 0.6 is 11.3 Å². The van der Waals surface area contributed by atoms with Crippen LogP contribution < -0.4 is 11.1 Å². The number of thiophene rings is 1. The molecular weight excluding hydrogens is 402 g/mol. The minimum absolute atomic E-state index is 0.129. The van der Waals surface area contributed by atoms with E-state index in [0.29, 0.717) is 17.1 Å². The molecule has 30 heavy (non-hydrogen) atoms. The average molecular weight is 421 g/mol. The first-order chi connectivity index (χ1) is 14.4. The van der Waals surface area contributed by atoms with Gasteiger partial charge < -0.3 is 11.1 Å². The highest BCUT2D eigenvalue weighted by Crippen LogP contribution is 2.32. The third-order valence-electron chi connectivity index (χ3n) is 4.85. The first kappa shape index (κ1) is 19.6. The topological polar surface area (TPSA) is 126 Å². The Kier molecular flexibility index (Phi) is 5.00. The largest absolute Gasteiger partial charge is 0.369 e. The number of nitrogens with two attached hydrogens (primary N) is 1. The Hall–Kier alpha value is -3.66. The number of guanidine groups is 1. The number of aliphatic imine (C=N–C) groups is 1. The lowest BCUT2D eigenvalue weighted by Crippen LogP contribution is -2.47. The van der Waals surface area contributed by atoms with Crippen LogP contribution in [-0.2, 0) is 10.3 Å².